The maximum Gasteiger partial charge on any atom is 0.180 e. The highest BCUT2D eigenvalue weighted by Gasteiger charge is 2.11. The molecule has 2 N–H and O–H groups in total. The zero-order chi connectivity index (χ0) is 9.84. The maximum absolute atomic E-state index is 11.3. The van der Waals surface area contributed by atoms with Gasteiger partial charge >= 0.3 is 0 Å². The van der Waals surface area contributed by atoms with Crippen LogP contribution >= 0.6 is 0 Å². The number of carbonyl (C=O) groups excluding carboxylic acids is 1. The van der Waals surface area contributed by atoms with Crippen LogP contribution in [0.2, 0.25) is 0 Å². The Kier molecular flexibility index (Phi) is 3.03. The molecule has 0 spiro atoms. The minimum Gasteiger partial charge on any atom is -0.496 e. The van der Waals surface area contributed by atoms with Crippen LogP contribution in [0.5, 0.6) is 5.75 Å². The van der Waals surface area contributed by atoms with Crippen molar-refractivity contribution in [2.75, 3.05) is 13.7 Å². The smallest absolute Gasteiger partial charge is 0.180 e. The van der Waals surface area contributed by atoms with Crippen LogP contribution in [0.3, 0.4) is 0 Å². The number of methoxy groups -OCH3 is 1. The highest BCUT2D eigenvalue weighted by molar-refractivity contribution is 6.00. The Morgan fingerprint density at radius 2 is 2.23 bits per heavy atom. The molecule has 13 heavy (non-hydrogen) atoms. The average Bonchev–Trinajstić information content (AvgIpc) is 2.16. The molecule has 0 bridgehead atoms. The standard InChI is InChI=1S/C10H13NO2/c1-7-4-3-5-8(9(12)6-11)10(7)13-2/h3-5H,6,11H2,1-2H3. The summed E-state index contributed by atoms with van der Waals surface area (Å²) >= 11 is 0. The summed E-state index contributed by atoms with van der Waals surface area (Å²) in [7, 11) is 1.55. The Hall–Kier alpha value is -1.35. The van der Waals surface area contributed by atoms with Crippen molar-refractivity contribution in [3.05, 3.63) is 29.3 Å². The molecule has 1 aromatic rings. The molecule has 3 heteroatoms. The van der Waals surface area contributed by atoms with Crippen molar-refractivity contribution in [3.63, 3.8) is 0 Å². The van der Waals surface area contributed by atoms with Crippen LogP contribution in [0.1, 0.15) is 15.9 Å². The van der Waals surface area contributed by atoms with Gasteiger partial charge < -0.3 is 10.5 Å². The molecule has 0 saturated heterocycles. The molecule has 0 aliphatic rings. The van der Waals surface area contributed by atoms with E-state index in [0.717, 1.165) is 5.56 Å². The first-order chi connectivity index (χ1) is 6.20. The molecule has 0 aliphatic carbocycles. The molecule has 1 aromatic carbocycles. The van der Waals surface area contributed by atoms with E-state index in [2.05, 4.69) is 0 Å². The van der Waals surface area contributed by atoms with Crippen LogP contribution in [-0.2, 0) is 0 Å². The Labute approximate surface area is 77.5 Å². The Bertz CT molecular complexity index is 321. The molecule has 0 saturated carbocycles. The number of nitrogens with two attached hydrogens (primary N) is 1. The second kappa shape index (κ2) is 4.05. The second-order valence-corrected chi connectivity index (χ2v) is 2.78. The summed E-state index contributed by atoms with van der Waals surface area (Å²) in [6.45, 7) is 1.91. The number of para-hydroxylation sites is 1. The van der Waals surface area contributed by atoms with E-state index in [-0.39, 0.29) is 12.3 Å². The van der Waals surface area contributed by atoms with E-state index in [0.29, 0.717) is 11.3 Å². The molecule has 70 valence electrons. The van der Waals surface area contributed by atoms with Crippen molar-refractivity contribution in [3.8, 4) is 5.75 Å². The number of rotatable bonds is 3. The number of benzene rings is 1. The van der Waals surface area contributed by atoms with Gasteiger partial charge in [-0.2, -0.15) is 0 Å². The summed E-state index contributed by atoms with van der Waals surface area (Å²) in [6, 6.07) is 5.44. The Morgan fingerprint density at radius 1 is 1.54 bits per heavy atom. The first-order valence-corrected chi connectivity index (χ1v) is 4.07. The van der Waals surface area contributed by atoms with Crippen LogP contribution in [0.25, 0.3) is 0 Å². The molecule has 0 heterocycles. The van der Waals surface area contributed by atoms with E-state index in [1.807, 2.05) is 19.1 Å². The van der Waals surface area contributed by atoms with Gasteiger partial charge in [0, 0.05) is 0 Å². The van der Waals surface area contributed by atoms with Crippen molar-refractivity contribution in [2.45, 2.75) is 6.92 Å². The van der Waals surface area contributed by atoms with Gasteiger partial charge in [-0.1, -0.05) is 12.1 Å². The first kappa shape index (κ1) is 9.74. The lowest BCUT2D eigenvalue weighted by Gasteiger charge is -2.08. The molecule has 3 nitrogen and oxygen atoms in total. The maximum atomic E-state index is 11.3. The third-order valence-corrected chi connectivity index (χ3v) is 1.90. The SMILES string of the molecule is COc1c(C)cccc1C(=O)CN. The quantitative estimate of drug-likeness (QED) is 0.708. The first-order valence-electron chi connectivity index (χ1n) is 4.07. The fraction of sp³-hybridized carbons (Fsp3) is 0.300. The van der Waals surface area contributed by atoms with Crippen molar-refractivity contribution in [1.82, 2.24) is 0 Å². The molecule has 0 aromatic heterocycles. The predicted octanol–water partition coefficient (Wildman–Crippen LogP) is 1.15. The molecule has 1 rings (SSSR count). The van der Waals surface area contributed by atoms with E-state index >= 15 is 0 Å². The predicted molar refractivity (Wildman–Crippen MR) is 51.1 cm³/mol. The monoisotopic (exact) mass is 179 g/mol. The van der Waals surface area contributed by atoms with Crippen LogP contribution in [0.15, 0.2) is 18.2 Å². The summed E-state index contributed by atoms with van der Waals surface area (Å²) in [5.41, 5.74) is 6.78. The van der Waals surface area contributed by atoms with E-state index < -0.39 is 0 Å². The molecule has 0 atom stereocenters. The van der Waals surface area contributed by atoms with Crippen molar-refractivity contribution in [1.29, 1.82) is 0 Å². The van der Waals surface area contributed by atoms with Gasteiger partial charge in [0.1, 0.15) is 5.75 Å². The van der Waals surface area contributed by atoms with Crippen molar-refractivity contribution < 1.29 is 9.53 Å². The van der Waals surface area contributed by atoms with Crippen molar-refractivity contribution >= 4 is 5.78 Å². The number of carbonyl (C=O) groups is 1. The molecule has 0 fully saturated rings. The lowest BCUT2D eigenvalue weighted by molar-refractivity contribution is 0.0998. The zero-order valence-electron chi connectivity index (χ0n) is 7.83. The lowest BCUT2D eigenvalue weighted by Crippen LogP contribution is -2.14. The highest BCUT2D eigenvalue weighted by Crippen LogP contribution is 2.22. The normalized spacial score (nSPS) is 9.77. The van der Waals surface area contributed by atoms with Gasteiger partial charge in [-0.05, 0) is 18.6 Å². The van der Waals surface area contributed by atoms with Gasteiger partial charge in [0.15, 0.2) is 5.78 Å². The van der Waals surface area contributed by atoms with E-state index in [4.69, 9.17) is 10.5 Å². The lowest BCUT2D eigenvalue weighted by atomic mass is 10.1. The van der Waals surface area contributed by atoms with Crippen LogP contribution in [0.4, 0.5) is 0 Å². The third-order valence-electron chi connectivity index (χ3n) is 1.90. The second-order valence-electron chi connectivity index (χ2n) is 2.78. The summed E-state index contributed by atoms with van der Waals surface area (Å²) in [5, 5.41) is 0. The van der Waals surface area contributed by atoms with Gasteiger partial charge in [-0.25, -0.2) is 0 Å². The van der Waals surface area contributed by atoms with E-state index in [1.54, 1.807) is 13.2 Å². The van der Waals surface area contributed by atoms with Gasteiger partial charge in [-0.15, -0.1) is 0 Å². The third kappa shape index (κ3) is 1.87. The van der Waals surface area contributed by atoms with Gasteiger partial charge in [0.25, 0.3) is 0 Å². The largest absolute Gasteiger partial charge is 0.496 e. The molecular weight excluding hydrogens is 166 g/mol. The highest BCUT2D eigenvalue weighted by atomic mass is 16.5. The summed E-state index contributed by atoms with van der Waals surface area (Å²) in [6.07, 6.45) is 0. The van der Waals surface area contributed by atoms with E-state index in [9.17, 15) is 4.79 Å². The number of hydrogen-bond acceptors (Lipinski definition) is 3. The van der Waals surface area contributed by atoms with Gasteiger partial charge in [-0.3, -0.25) is 4.79 Å². The van der Waals surface area contributed by atoms with Crippen LogP contribution in [0, 0.1) is 6.92 Å². The minimum atomic E-state index is -0.0967. The van der Waals surface area contributed by atoms with E-state index in [1.165, 1.54) is 0 Å². The number of hydrogen-bond donors (Lipinski definition) is 1. The minimum absolute atomic E-state index is 0.0137. The number of aryl methyl sites for hydroxylation is 1. The number of ether oxygens (including phenoxy) is 1. The number of Topliss-reactive ketones (excluding diaryl/α,β-unsaturated/α-hetero) is 1. The van der Waals surface area contributed by atoms with Gasteiger partial charge in [0.2, 0.25) is 0 Å². The van der Waals surface area contributed by atoms with Crippen LogP contribution in [-0.4, -0.2) is 19.4 Å². The molecular formula is C10H13NO2. The Morgan fingerprint density at radius 3 is 2.77 bits per heavy atom. The fourth-order valence-corrected chi connectivity index (χ4v) is 1.25. The zero-order valence-corrected chi connectivity index (χ0v) is 7.83. The van der Waals surface area contributed by atoms with Crippen molar-refractivity contribution in [2.24, 2.45) is 5.73 Å². The topological polar surface area (TPSA) is 52.3 Å². The molecule has 0 unspecified atom stereocenters. The van der Waals surface area contributed by atoms with Crippen LogP contribution < -0.4 is 10.5 Å². The summed E-state index contributed by atoms with van der Waals surface area (Å²) < 4.78 is 5.12. The fourth-order valence-electron chi connectivity index (χ4n) is 1.25. The van der Waals surface area contributed by atoms with Gasteiger partial charge in [0.05, 0.1) is 19.2 Å². The summed E-state index contributed by atoms with van der Waals surface area (Å²) in [5.74, 6) is 0.526. The Balaban J connectivity index is 3.20. The molecule has 0 aliphatic heterocycles. The molecule has 0 radical (unpaired) electrons. The average molecular weight is 179 g/mol. The summed E-state index contributed by atoms with van der Waals surface area (Å²) in [4.78, 5) is 11.3. The number of ketones is 1. The molecule has 0 amide bonds.